The summed E-state index contributed by atoms with van der Waals surface area (Å²) in [5.41, 5.74) is 1.00. The van der Waals surface area contributed by atoms with Crippen molar-refractivity contribution in [1.29, 1.82) is 5.26 Å². The SMILES string of the molecule is CC(C)(C#N)CCCNc1ccsc1. The minimum absolute atomic E-state index is 0.184. The third kappa shape index (κ3) is 3.80. The number of nitrogens with one attached hydrogen (secondary N) is 1. The Morgan fingerprint density at radius 3 is 2.93 bits per heavy atom. The molecule has 1 rings (SSSR count). The highest BCUT2D eigenvalue weighted by molar-refractivity contribution is 7.08. The molecule has 0 spiro atoms. The average molecular weight is 208 g/mol. The summed E-state index contributed by atoms with van der Waals surface area (Å²) in [5, 5.41) is 16.3. The van der Waals surface area contributed by atoms with Crippen LogP contribution in [0.15, 0.2) is 16.8 Å². The van der Waals surface area contributed by atoms with Gasteiger partial charge in [-0.2, -0.15) is 16.6 Å². The van der Waals surface area contributed by atoms with E-state index in [9.17, 15) is 0 Å². The van der Waals surface area contributed by atoms with Gasteiger partial charge in [0.25, 0.3) is 0 Å². The molecule has 2 nitrogen and oxygen atoms in total. The van der Waals surface area contributed by atoms with E-state index in [1.54, 1.807) is 11.3 Å². The smallest absolute Gasteiger partial charge is 0.0683 e. The predicted octanol–water partition coefficient (Wildman–Crippen LogP) is 3.49. The lowest BCUT2D eigenvalue weighted by Crippen LogP contribution is -2.10. The lowest BCUT2D eigenvalue weighted by molar-refractivity contribution is 0.441. The second kappa shape index (κ2) is 5.02. The van der Waals surface area contributed by atoms with Gasteiger partial charge < -0.3 is 5.32 Å². The molecule has 0 bridgehead atoms. The first-order valence-corrected chi connectivity index (χ1v) is 5.76. The van der Waals surface area contributed by atoms with Crippen molar-refractivity contribution in [2.45, 2.75) is 26.7 Å². The van der Waals surface area contributed by atoms with E-state index < -0.39 is 0 Å². The van der Waals surface area contributed by atoms with Gasteiger partial charge in [0.2, 0.25) is 0 Å². The van der Waals surface area contributed by atoms with E-state index >= 15 is 0 Å². The zero-order chi connectivity index (χ0) is 10.4. The summed E-state index contributed by atoms with van der Waals surface area (Å²) < 4.78 is 0. The van der Waals surface area contributed by atoms with E-state index in [0.29, 0.717) is 0 Å². The van der Waals surface area contributed by atoms with E-state index in [-0.39, 0.29) is 5.41 Å². The van der Waals surface area contributed by atoms with Crippen molar-refractivity contribution in [2.24, 2.45) is 5.41 Å². The van der Waals surface area contributed by atoms with Crippen LogP contribution in [0.25, 0.3) is 0 Å². The molecule has 1 aromatic heterocycles. The van der Waals surface area contributed by atoms with Crippen molar-refractivity contribution >= 4 is 17.0 Å². The fraction of sp³-hybridized carbons (Fsp3) is 0.545. The molecule has 1 heterocycles. The Kier molecular flexibility index (Phi) is 3.97. The van der Waals surface area contributed by atoms with Gasteiger partial charge in [-0.15, -0.1) is 0 Å². The van der Waals surface area contributed by atoms with Crippen molar-refractivity contribution in [1.82, 2.24) is 0 Å². The first-order chi connectivity index (χ1) is 6.64. The standard InChI is InChI=1S/C11H16N2S/c1-11(2,9-12)5-3-6-13-10-4-7-14-8-10/h4,7-8,13H,3,5-6H2,1-2H3. The van der Waals surface area contributed by atoms with Crippen molar-refractivity contribution in [3.8, 4) is 6.07 Å². The van der Waals surface area contributed by atoms with Crippen LogP contribution < -0.4 is 5.32 Å². The number of nitrogens with zero attached hydrogens (tertiary/aromatic N) is 1. The fourth-order valence-electron chi connectivity index (χ4n) is 1.18. The molecule has 0 atom stereocenters. The number of hydrogen-bond donors (Lipinski definition) is 1. The van der Waals surface area contributed by atoms with Crippen LogP contribution in [-0.4, -0.2) is 6.54 Å². The summed E-state index contributed by atoms with van der Waals surface area (Å²) in [6, 6.07) is 4.38. The number of hydrogen-bond acceptors (Lipinski definition) is 3. The van der Waals surface area contributed by atoms with Gasteiger partial charge in [-0.3, -0.25) is 0 Å². The first kappa shape index (κ1) is 11.1. The number of thiophene rings is 1. The Morgan fingerprint density at radius 2 is 2.36 bits per heavy atom. The van der Waals surface area contributed by atoms with E-state index in [1.165, 1.54) is 5.69 Å². The van der Waals surface area contributed by atoms with Gasteiger partial charge in [0, 0.05) is 17.6 Å². The molecule has 3 heteroatoms. The molecule has 0 amide bonds. The van der Waals surface area contributed by atoms with Gasteiger partial charge in [0.15, 0.2) is 0 Å². The van der Waals surface area contributed by atoms with Crippen molar-refractivity contribution in [3.05, 3.63) is 16.8 Å². The van der Waals surface area contributed by atoms with Gasteiger partial charge in [-0.1, -0.05) is 0 Å². The van der Waals surface area contributed by atoms with Gasteiger partial charge in [0.1, 0.15) is 0 Å². The zero-order valence-corrected chi connectivity index (χ0v) is 9.53. The normalized spacial score (nSPS) is 10.9. The Balaban J connectivity index is 2.15. The van der Waals surface area contributed by atoms with Crippen LogP contribution in [0.5, 0.6) is 0 Å². The summed E-state index contributed by atoms with van der Waals surface area (Å²) in [6.45, 7) is 4.91. The summed E-state index contributed by atoms with van der Waals surface area (Å²) in [4.78, 5) is 0. The van der Waals surface area contributed by atoms with Gasteiger partial charge >= 0.3 is 0 Å². The van der Waals surface area contributed by atoms with Gasteiger partial charge in [-0.25, -0.2) is 0 Å². The van der Waals surface area contributed by atoms with Crippen LogP contribution in [0.4, 0.5) is 5.69 Å². The van der Waals surface area contributed by atoms with Crippen LogP contribution in [0.3, 0.4) is 0 Å². The highest BCUT2D eigenvalue weighted by atomic mass is 32.1. The summed E-state index contributed by atoms with van der Waals surface area (Å²) in [5.74, 6) is 0. The van der Waals surface area contributed by atoms with E-state index in [2.05, 4.69) is 28.2 Å². The van der Waals surface area contributed by atoms with Crippen molar-refractivity contribution in [2.75, 3.05) is 11.9 Å². The molecule has 1 N–H and O–H groups in total. The maximum Gasteiger partial charge on any atom is 0.0683 e. The Hall–Kier alpha value is -1.01. The van der Waals surface area contributed by atoms with Crippen molar-refractivity contribution < 1.29 is 0 Å². The predicted molar refractivity (Wildman–Crippen MR) is 61.4 cm³/mol. The Morgan fingerprint density at radius 1 is 1.57 bits per heavy atom. The summed E-state index contributed by atoms with van der Waals surface area (Å²) in [6.07, 6.45) is 1.98. The molecular weight excluding hydrogens is 192 g/mol. The molecule has 0 aromatic carbocycles. The fourth-order valence-corrected chi connectivity index (χ4v) is 1.80. The lowest BCUT2D eigenvalue weighted by Gasteiger charge is -2.14. The third-order valence-electron chi connectivity index (χ3n) is 2.13. The molecule has 0 saturated heterocycles. The number of nitriles is 1. The molecule has 0 fully saturated rings. The van der Waals surface area contributed by atoms with E-state index in [1.807, 2.05) is 13.8 Å². The van der Waals surface area contributed by atoms with Crippen LogP contribution in [-0.2, 0) is 0 Å². The summed E-state index contributed by atoms with van der Waals surface area (Å²) >= 11 is 1.69. The van der Waals surface area contributed by atoms with Crippen LogP contribution in [0.2, 0.25) is 0 Å². The molecule has 76 valence electrons. The van der Waals surface area contributed by atoms with Gasteiger partial charge in [-0.05, 0) is 38.1 Å². The second-order valence-corrected chi connectivity index (χ2v) is 4.82. The maximum atomic E-state index is 8.81. The maximum absolute atomic E-state index is 8.81. The number of rotatable bonds is 5. The minimum Gasteiger partial charge on any atom is -0.384 e. The van der Waals surface area contributed by atoms with Crippen LogP contribution in [0.1, 0.15) is 26.7 Å². The highest BCUT2D eigenvalue weighted by Crippen LogP contribution is 2.20. The minimum atomic E-state index is -0.184. The van der Waals surface area contributed by atoms with Crippen LogP contribution in [0, 0.1) is 16.7 Å². The molecule has 0 unspecified atom stereocenters. The molecule has 0 saturated carbocycles. The van der Waals surface area contributed by atoms with Gasteiger partial charge in [0.05, 0.1) is 11.5 Å². The molecule has 0 aliphatic carbocycles. The quantitative estimate of drug-likeness (QED) is 0.752. The molecular formula is C11H16N2S. The average Bonchev–Trinajstić information content (AvgIpc) is 2.65. The van der Waals surface area contributed by atoms with E-state index in [4.69, 9.17) is 5.26 Å². The topological polar surface area (TPSA) is 35.8 Å². The molecule has 14 heavy (non-hydrogen) atoms. The number of anilines is 1. The molecule has 0 aliphatic heterocycles. The largest absolute Gasteiger partial charge is 0.384 e. The Labute approximate surface area is 89.6 Å². The Bertz CT molecular complexity index is 296. The second-order valence-electron chi connectivity index (χ2n) is 4.04. The highest BCUT2D eigenvalue weighted by Gasteiger charge is 2.15. The first-order valence-electron chi connectivity index (χ1n) is 4.81. The molecule has 1 aromatic rings. The zero-order valence-electron chi connectivity index (χ0n) is 8.71. The third-order valence-corrected chi connectivity index (χ3v) is 2.81. The van der Waals surface area contributed by atoms with E-state index in [0.717, 1.165) is 19.4 Å². The monoisotopic (exact) mass is 208 g/mol. The lowest BCUT2D eigenvalue weighted by atomic mass is 9.90. The van der Waals surface area contributed by atoms with Crippen molar-refractivity contribution in [3.63, 3.8) is 0 Å². The van der Waals surface area contributed by atoms with Crippen LogP contribution >= 0.6 is 11.3 Å². The summed E-state index contributed by atoms with van der Waals surface area (Å²) in [7, 11) is 0. The molecule has 0 radical (unpaired) electrons. The molecule has 0 aliphatic rings.